The van der Waals surface area contributed by atoms with E-state index in [0.29, 0.717) is 22.9 Å². The van der Waals surface area contributed by atoms with Crippen LogP contribution >= 0.6 is 0 Å². The number of aryl methyl sites for hydroxylation is 1. The van der Waals surface area contributed by atoms with Gasteiger partial charge in [0.05, 0.1) is 0 Å². The molecule has 6 aromatic rings. The predicted molar refractivity (Wildman–Crippen MR) is 129 cm³/mol. The Morgan fingerprint density at radius 3 is 2.43 bits per heavy atom. The Hall–Kier alpha value is -4.98. The van der Waals surface area contributed by atoms with E-state index in [1.165, 1.54) is 0 Å². The highest BCUT2D eigenvalue weighted by Gasteiger charge is 2.21. The van der Waals surface area contributed by atoms with E-state index in [1.807, 2.05) is 89.1 Å². The van der Waals surface area contributed by atoms with Crippen LogP contribution in [0.25, 0.3) is 45.2 Å². The normalized spacial score (nSPS) is 11.2. The predicted octanol–water partition coefficient (Wildman–Crippen LogP) is 3.90. The first-order valence-corrected chi connectivity index (χ1v) is 11.1. The van der Waals surface area contributed by atoms with Crippen molar-refractivity contribution >= 4 is 11.0 Å². The maximum Gasteiger partial charge on any atom is 0.284 e. The highest BCUT2D eigenvalue weighted by molar-refractivity contribution is 5.78. The molecule has 0 bridgehead atoms. The van der Waals surface area contributed by atoms with Gasteiger partial charge in [0.1, 0.15) is 17.2 Å². The quantitative estimate of drug-likeness (QED) is 0.307. The number of aromatic nitrogens is 6. The Kier molecular flexibility index (Phi) is 4.77. The second-order valence-corrected chi connectivity index (χ2v) is 8.27. The first-order valence-electron chi connectivity index (χ1n) is 11.1. The van der Waals surface area contributed by atoms with Crippen molar-refractivity contribution in [3.8, 4) is 34.2 Å². The number of imidazole rings is 1. The molecule has 0 amide bonds. The van der Waals surface area contributed by atoms with Gasteiger partial charge in [-0.1, -0.05) is 0 Å². The molecule has 0 aliphatic rings. The molecular weight excluding hydrogens is 440 g/mol. The molecule has 0 saturated carbocycles. The van der Waals surface area contributed by atoms with Crippen molar-refractivity contribution in [2.45, 2.75) is 6.92 Å². The summed E-state index contributed by atoms with van der Waals surface area (Å²) in [6.45, 7) is 1.82. The SMILES string of the molecule is Cc1ccc(-n2cc(-c3cccc[n+]3O)nc2-c2ccc(-n3ccc4cccnc43)cc2)c[n+]1O. The van der Waals surface area contributed by atoms with Crippen LogP contribution in [0, 0.1) is 6.92 Å². The third-order valence-electron chi connectivity index (χ3n) is 6.05. The Morgan fingerprint density at radius 2 is 1.63 bits per heavy atom. The Balaban J connectivity index is 1.48. The standard InChI is InChI=1S/C27H22N6O2/c1-19-7-10-23(17-33(19)35)31-18-24(25-6-2-3-15-32(25)34)29-27(31)21-8-11-22(12-9-21)30-16-13-20-5-4-14-28-26(20)30/h2-18,34-35H,1H3/q+2. The van der Waals surface area contributed by atoms with Gasteiger partial charge in [-0.05, 0) is 54.6 Å². The van der Waals surface area contributed by atoms with Crippen LogP contribution in [0.2, 0.25) is 0 Å². The fourth-order valence-corrected chi connectivity index (χ4v) is 4.18. The van der Waals surface area contributed by atoms with Gasteiger partial charge in [0, 0.05) is 69.8 Å². The Bertz CT molecular complexity index is 1680. The minimum atomic E-state index is 0.554. The molecule has 2 N–H and O–H groups in total. The molecule has 5 aromatic heterocycles. The van der Waals surface area contributed by atoms with Gasteiger partial charge in [0.2, 0.25) is 18.1 Å². The Labute approximate surface area is 200 Å². The molecule has 1 aromatic carbocycles. The molecule has 0 unspecified atom stereocenters. The summed E-state index contributed by atoms with van der Waals surface area (Å²) < 4.78 is 6.08. The average Bonchev–Trinajstić information content (AvgIpc) is 3.51. The molecule has 0 fully saturated rings. The molecule has 0 aliphatic heterocycles. The van der Waals surface area contributed by atoms with Gasteiger partial charge in [-0.2, -0.15) is 0 Å². The molecule has 8 heteroatoms. The van der Waals surface area contributed by atoms with Gasteiger partial charge in [-0.15, -0.1) is 0 Å². The van der Waals surface area contributed by atoms with Crippen molar-refractivity contribution in [3.05, 3.63) is 109 Å². The first kappa shape index (κ1) is 20.6. The first-order chi connectivity index (χ1) is 17.1. The zero-order valence-corrected chi connectivity index (χ0v) is 18.9. The molecule has 0 radical (unpaired) electrons. The van der Waals surface area contributed by atoms with Crippen LogP contribution in [-0.4, -0.2) is 29.5 Å². The maximum absolute atomic E-state index is 10.3. The van der Waals surface area contributed by atoms with Gasteiger partial charge in [0.15, 0.2) is 5.69 Å². The lowest BCUT2D eigenvalue weighted by Crippen LogP contribution is -2.33. The Morgan fingerprint density at radius 1 is 0.800 bits per heavy atom. The van der Waals surface area contributed by atoms with E-state index >= 15 is 0 Å². The highest BCUT2D eigenvalue weighted by atomic mass is 16.5. The molecule has 0 saturated heterocycles. The summed E-state index contributed by atoms with van der Waals surface area (Å²) in [6.07, 6.45) is 8.84. The molecule has 170 valence electrons. The van der Waals surface area contributed by atoms with Crippen LogP contribution in [0.5, 0.6) is 0 Å². The lowest BCUT2D eigenvalue weighted by molar-refractivity contribution is -0.908. The summed E-state index contributed by atoms with van der Waals surface area (Å²) in [5.41, 5.74) is 5.36. The van der Waals surface area contributed by atoms with Crippen LogP contribution in [0.1, 0.15) is 5.69 Å². The van der Waals surface area contributed by atoms with E-state index < -0.39 is 0 Å². The van der Waals surface area contributed by atoms with Crippen molar-refractivity contribution in [2.75, 3.05) is 0 Å². The lowest BCUT2D eigenvalue weighted by atomic mass is 10.2. The number of hydrogen-bond donors (Lipinski definition) is 2. The zero-order chi connectivity index (χ0) is 23.9. The van der Waals surface area contributed by atoms with Crippen LogP contribution < -0.4 is 9.46 Å². The molecular formula is C27H22N6O2+2. The van der Waals surface area contributed by atoms with E-state index in [2.05, 4.69) is 4.98 Å². The van der Waals surface area contributed by atoms with E-state index in [1.54, 1.807) is 30.7 Å². The van der Waals surface area contributed by atoms with Crippen molar-refractivity contribution in [1.29, 1.82) is 0 Å². The van der Waals surface area contributed by atoms with E-state index in [-0.39, 0.29) is 0 Å². The molecule has 0 aliphatic carbocycles. The highest BCUT2D eigenvalue weighted by Crippen LogP contribution is 2.28. The number of benzene rings is 1. The van der Waals surface area contributed by atoms with E-state index in [9.17, 15) is 10.4 Å². The van der Waals surface area contributed by atoms with Crippen LogP contribution in [0.15, 0.2) is 104 Å². The fourth-order valence-electron chi connectivity index (χ4n) is 4.18. The number of nitrogens with zero attached hydrogens (tertiary/aromatic N) is 6. The second-order valence-electron chi connectivity index (χ2n) is 8.27. The lowest BCUT2D eigenvalue weighted by Gasteiger charge is -2.09. The summed E-state index contributed by atoms with van der Waals surface area (Å²) in [4.78, 5) is 9.36. The second kappa shape index (κ2) is 8.11. The fraction of sp³-hybridized carbons (Fsp3) is 0.0370. The summed E-state index contributed by atoms with van der Waals surface area (Å²) in [5, 5.41) is 21.7. The summed E-state index contributed by atoms with van der Waals surface area (Å²) in [5.74, 6) is 0.676. The van der Waals surface area contributed by atoms with Gasteiger partial charge in [-0.3, -0.25) is 15.0 Å². The smallest absolute Gasteiger partial charge is 0.284 e. The van der Waals surface area contributed by atoms with Gasteiger partial charge < -0.3 is 4.57 Å². The van der Waals surface area contributed by atoms with Crippen molar-refractivity contribution in [2.24, 2.45) is 0 Å². The van der Waals surface area contributed by atoms with Gasteiger partial charge >= 0.3 is 0 Å². The van der Waals surface area contributed by atoms with Crippen molar-refractivity contribution in [1.82, 2.24) is 19.1 Å². The molecule has 6 rings (SSSR count). The molecule has 0 spiro atoms. The van der Waals surface area contributed by atoms with E-state index in [0.717, 1.165) is 37.4 Å². The number of pyridine rings is 3. The zero-order valence-electron chi connectivity index (χ0n) is 18.9. The summed E-state index contributed by atoms with van der Waals surface area (Å²) >= 11 is 0. The largest absolute Gasteiger partial charge is 0.301 e. The van der Waals surface area contributed by atoms with Crippen molar-refractivity contribution in [3.63, 3.8) is 0 Å². The van der Waals surface area contributed by atoms with E-state index in [4.69, 9.17) is 4.98 Å². The average molecular weight is 463 g/mol. The van der Waals surface area contributed by atoms with Crippen LogP contribution in [0.4, 0.5) is 0 Å². The third-order valence-corrected chi connectivity index (χ3v) is 6.05. The molecule has 8 nitrogen and oxygen atoms in total. The van der Waals surface area contributed by atoms with Crippen LogP contribution in [-0.2, 0) is 0 Å². The minimum absolute atomic E-state index is 0.554. The monoisotopic (exact) mass is 462 g/mol. The molecule has 5 heterocycles. The third kappa shape index (κ3) is 3.57. The number of rotatable bonds is 4. The number of hydrogen-bond acceptors (Lipinski definition) is 4. The van der Waals surface area contributed by atoms with Gasteiger partial charge in [-0.25, -0.2) is 9.97 Å². The van der Waals surface area contributed by atoms with Crippen LogP contribution in [0.3, 0.4) is 0 Å². The summed E-state index contributed by atoms with van der Waals surface area (Å²) in [7, 11) is 0. The molecule has 0 atom stereocenters. The summed E-state index contributed by atoms with van der Waals surface area (Å²) in [6, 6.07) is 23.2. The number of fused-ring (bicyclic) bond motifs is 1. The minimum Gasteiger partial charge on any atom is -0.301 e. The molecule has 35 heavy (non-hydrogen) atoms. The maximum atomic E-state index is 10.3. The topological polar surface area (TPSA) is 83.9 Å². The van der Waals surface area contributed by atoms with Gasteiger partial charge in [0.25, 0.3) is 5.69 Å². The van der Waals surface area contributed by atoms with Crippen molar-refractivity contribution < 1.29 is 19.9 Å².